The minimum absolute atomic E-state index is 0.647. The SMILES string of the molecule is CN1C2CCCCC1CN(c1ccc(-c3ccc4[nH]ccc4c3)nn1)C2. The maximum absolute atomic E-state index is 4.58. The van der Waals surface area contributed by atoms with Crippen LogP contribution in [0, 0.1) is 0 Å². The predicted molar refractivity (Wildman–Crippen MR) is 105 cm³/mol. The lowest BCUT2D eigenvalue weighted by molar-refractivity contribution is 0.149. The maximum Gasteiger partial charge on any atom is 0.151 e. The number of likely N-dealkylation sites (N-methyl/N-ethyl adjacent to an activating group) is 1. The van der Waals surface area contributed by atoms with Gasteiger partial charge >= 0.3 is 0 Å². The molecule has 1 aromatic carbocycles. The number of H-pyrrole nitrogens is 1. The van der Waals surface area contributed by atoms with Crippen molar-refractivity contribution in [3.8, 4) is 11.3 Å². The first-order valence-corrected chi connectivity index (χ1v) is 9.66. The molecule has 2 fully saturated rings. The molecule has 5 heteroatoms. The molecular formula is C21H25N5. The van der Waals surface area contributed by atoms with Crippen molar-refractivity contribution in [2.75, 3.05) is 25.0 Å². The number of rotatable bonds is 2. The van der Waals surface area contributed by atoms with E-state index < -0.39 is 0 Å². The molecule has 3 aromatic rings. The molecule has 26 heavy (non-hydrogen) atoms. The number of fused-ring (bicyclic) bond motifs is 3. The van der Waals surface area contributed by atoms with Gasteiger partial charge in [-0.05, 0) is 50.2 Å². The summed E-state index contributed by atoms with van der Waals surface area (Å²) in [5.41, 5.74) is 3.20. The number of hydrogen-bond acceptors (Lipinski definition) is 4. The van der Waals surface area contributed by atoms with Gasteiger partial charge in [-0.3, -0.25) is 4.90 Å². The molecule has 5 rings (SSSR count). The Hall–Kier alpha value is -2.40. The quantitative estimate of drug-likeness (QED) is 0.768. The van der Waals surface area contributed by atoms with E-state index in [4.69, 9.17) is 0 Å². The minimum Gasteiger partial charge on any atom is -0.361 e. The second-order valence-electron chi connectivity index (χ2n) is 7.72. The number of nitrogens with zero attached hydrogens (tertiary/aromatic N) is 4. The van der Waals surface area contributed by atoms with Crippen molar-refractivity contribution >= 4 is 16.7 Å². The summed E-state index contributed by atoms with van der Waals surface area (Å²) >= 11 is 0. The first-order valence-electron chi connectivity index (χ1n) is 9.66. The lowest BCUT2D eigenvalue weighted by Gasteiger charge is -2.44. The van der Waals surface area contributed by atoms with Crippen LogP contribution in [-0.2, 0) is 0 Å². The van der Waals surface area contributed by atoms with E-state index >= 15 is 0 Å². The van der Waals surface area contributed by atoms with Gasteiger partial charge in [-0.25, -0.2) is 0 Å². The summed E-state index contributed by atoms with van der Waals surface area (Å²) in [7, 11) is 2.30. The topological polar surface area (TPSA) is 48.0 Å². The predicted octanol–water partition coefficient (Wildman–Crippen LogP) is 3.69. The van der Waals surface area contributed by atoms with Crippen molar-refractivity contribution in [1.82, 2.24) is 20.1 Å². The van der Waals surface area contributed by atoms with Gasteiger partial charge in [0.2, 0.25) is 0 Å². The van der Waals surface area contributed by atoms with Gasteiger partial charge in [-0.1, -0.05) is 18.9 Å². The first kappa shape index (κ1) is 15.8. The molecule has 2 bridgehead atoms. The Morgan fingerprint density at radius 1 is 0.962 bits per heavy atom. The van der Waals surface area contributed by atoms with Crippen molar-refractivity contribution in [1.29, 1.82) is 0 Å². The van der Waals surface area contributed by atoms with E-state index in [-0.39, 0.29) is 0 Å². The van der Waals surface area contributed by atoms with Crippen LogP contribution in [0.15, 0.2) is 42.6 Å². The molecule has 4 heterocycles. The summed E-state index contributed by atoms with van der Waals surface area (Å²) in [6.07, 6.45) is 7.27. The van der Waals surface area contributed by atoms with E-state index in [0.717, 1.165) is 35.7 Å². The monoisotopic (exact) mass is 347 g/mol. The van der Waals surface area contributed by atoms with Crippen LogP contribution in [0.2, 0.25) is 0 Å². The van der Waals surface area contributed by atoms with E-state index in [2.05, 4.69) is 68.4 Å². The lowest BCUT2D eigenvalue weighted by Crippen LogP contribution is -2.56. The minimum atomic E-state index is 0.647. The van der Waals surface area contributed by atoms with Gasteiger partial charge in [0.25, 0.3) is 0 Å². The average Bonchev–Trinajstić information content (AvgIpc) is 3.12. The van der Waals surface area contributed by atoms with Gasteiger partial charge in [0, 0.05) is 47.8 Å². The van der Waals surface area contributed by atoms with Gasteiger partial charge < -0.3 is 9.88 Å². The summed E-state index contributed by atoms with van der Waals surface area (Å²) in [5, 5.41) is 10.3. The fourth-order valence-corrected chi connectivity index (χ4v) is 4.54. The molecule has 2 atom stereocenters. The van der Waals surface area contributed by atoms with Gasteiger partial charge in [0.15, 0.2) is 5.82 Å². The van der Waals surface area contributed by atoms with Gasteiger partial charge in [-0.2, -0.15) is 0 Å². The van der Waals surface area contributed by atoms with E-state index in [1.807, 2.05) is 6.20 Å². The maximum atomic E-state index is 4.58. The van der Waals surface area contributed by atoms with Crippen molar-refractivity contribution in [2.45, 2.75) is 37.8 Å². The van der Waals surface area contributed by atoms with Gasteiger partial charge in [-0.15, -0.1) is 10.2 Å². The Morgan fingerprint density at radius 3 is 2.50 bits per heavy atom. The highest BCUT2D eigenvalue weighted by Gasteiger charge is 2.33. The van der Waals surface area contributed by atoms with Crippen LogP contribution in [0.1, 0.15) is 25.7 Å². The third kappa shape index (κ3) is 2.76. The van der Waals surface area contributed by atoms with E-state index in [1.165, 1.54) is 31.1 Å². The van der Waals surface area contributed by atoms with Crippen molar-refractivity contribution < 1.29 is 0 Å². The number of piperazine rings is 1. The third-order valence-corrected chi connectivity index (χ3v) is 6.16. The Bertz CT molecular complexity index is 884. The van der Waals surface area contributed by atoms with E-state index in [9.17, 15) is 0 Å². The normalized spacial score (nSPS) is 24.0. The molecule has 0 radical (unpaired) electrons. The highest BCUT2D eigenvalue weighted by Crippen LogP contribution is 2.29. The fourth-order valence-electron chi connectivity index (χ4n) is 4.54. The van der Waals surface area contributed by atoms with E-state index in [1.54, 1.807) is 0 Å². The van der Waals surface area contributed by atoms with Crippen LogP contribution in [0.25, 0.3) is 22.2 Å². The Labute approximate surface area is 154 Å². The molecule has 5 nitrogen and oxygen atoms in total. The Kier molecular flexibility index (Phi) is 3.89. The molecule has 0 spiro atoms. The molecule has 134 valence electrons. The van der Waals surface area contributed by atoms with Crippen LogP contribution in [0.3, 0.4) is 0 Å². The molecule has 0 aliphatic carbocycles. The molecular weight excluding hydrogens is 322 g/mol. The van der Waals surface area contributed by atoms with Crippen LogP contribution < -0.4 is 4.90 Å². The molecule has 2 saturated heterocycles. The van der Waals surface area contributed by atoms with Crippen LogP contribution in [0.5, 0.6) is 0 Å². The van der Waals surface area contributed by atoms with Crippen molar-refractivity contribution in [3.63, 3.8) is 0 Å². The summed E-state index contributed by atoms with van der Waals surface area (Å²) in [6.45, 7) is 2.13. The van der Waals surface area contributed by atoms with Crippen LogP contribution in [0.4, 0.5) is 5.82 Å². The number of hydrogen-bond donors (Lipinski definition) is 1. The van der Waals surface area contributed by atoms with E-state index in [0.29, 0.717) is 12.1 Å². The zero-order valence-electron chi connectivity index (χ0n) is 15.2. The summed E-state index contributed by atoms with van der Waals surface area (Å²) in [6, 6.07) is 14.0. The zero-order valence-corrected chi connectivity index (χ0v) is 15.2. The largest absolute Gasteiger partial charge is 0.361 e. The lowest BCUT2D eigenvalue weighted by atomic mass is 10.1. The van der Waals surface area contributed by atoms with Gasteiger partial charge in [0.05, 0.1) is 5.69 Å². The number of benzene rings is 1. The third-order valence-electron chi connectivity index (χ3n) is 6.16. The Morgan fingerprint density at radius 2 is 1.77 bits per heavy atom. The number of aromatic amines is 1. The molecule has 2 aliphatic heterocycles. The number of aromatic nitrogens is 3. The average molecular weight is 347 g/mol. The molecule has 2 aromatic heterocycles. The van der Waals surface area contributed by atoms with Gasteiger partial charge in [0.1, 0.15) is 0 Å². The van der Waals surface area contributed by atoms with Crippen molar-refractivity contribution in [2.24, 2.45) is 0 Å². The number of nitrogens with one attached hydrogen (secondary N) is 1. The molecule has 0 amide bonds. The van der Waals surface area contributed by atoms with Crippen LogP contribution >= 0.6 is 0 Å². The van der Waals surface area contributed by atoms with Crippen molar-refractivity contribution in [3.05, 3.63) is 42.6 Å². The highest BCUT2D eigenvalue weighted by atomic mass is 15.3. The number of anilines is 1. The molecule has 0 saturated carbocycles. The molecule has 2 unspecified atom stereocenters. The standard InChI is InChI=1S/C21H25N5/c1-25-17-4-2-3-5-18(25)14-26(13-17)21-9-8-20(23-24-21)15-6-7-19-16(12-15)10-11-22-19/h6-12,17-18,22H,2-5,13-14H2,1H3. The van der Waals surface area contributed by atoms with Crippen LogP contribution in [-0.4, -0.2) is 52.3 Å². The molecule has 2 aliphatic rings. The summed E-state index contributed by atoms with van der Waals surface area (Å²) in [4.78, 5) is 8.26. The summed E-state index contributed by atoms with van der Waals surface area (Å²) in [5.74, 6) is 1.02. The second-order valence-corrected chi connectivity index (χ2v) is 7.72. The summed E-state index contributed by atoms with van der Waals surface area (Å²) < 4.78 is 0. The first-order chi connectivity index (χ1) is 12.8. The highest BCUT2D eigenvalue weighted by molar-refractivity contribution is 5.84. The second kappa shape index (κ2) is 6.40. The zero-order chi connectivity index (χ0) is 17.5. The molecule has 1 N–H and O–H groups in total. The smallest absolute Gasteiger partial charge is 0.151 e. The fraction of sp³-hybridized carbons (Fsp3) is 0.429. The Balaban J connectivity index is 1.39.